The maximum Gasteiger partial charge on any atom is 0.249 e. The average molecular weight is 287 g/mol. The molecule has 0 fully saturated rings. The number of aromatic nitrogens is 3. The molecule has 0 saturated heterocycles. The second-order valence-corrected chi connectivity index (χ2v) is 4.58. The minimum absolute atomic E-state index is 0.438. The number of hydrogen-bond donors (Lipinski definition) is 2. The Balaban J connectivity index is 1.74. The second kappa shape index (κ2) is 6.25. The molecule has 1 aromatic carbocycles. The second-order valence-electron chi connectivity index (χ2n) is 4.58. The van der Waals surface area contributed by atoms with E-state index in [-0.39, 0.29) is 0 Å². The van der Waals surface area contributed by atoms with Crippen LogP contribution < -0.4 is 20.1 Å². The molecular formula is C14H17N5O2. The highest BCUT2D eigenvalue weighted by Crippen LogP contribution is 2.33. The van der Waals surface area contributed by atoms with E-state index in [0.717, 1.165) is 30.2 Å². The number of benzene rings is 1. The minimum Gasteiger partial charge on any atom is -0.486 e. The standard InChI is InChI=1S/C14H17N5O2/c1-2-5-15-13-9-16-19-14(18-13)17-10-3-4-11-12(8-10)21-7-6-20-11/h3-4,8-9H,2,5-7H2,1H3,(H2,15,17,18,19). The highest BCUT2D eigenvalue weighted by atomic mass is 16.6. The largest absolute Gasteiger partial charge is 0.486 e. The number of nitrogens with zero attached hydrogens (tertiary/aromatic N) is 3. The van der Waals surface area contributed by atoms with E-state index in [4.69, 9.17) is 9.47 Å². The Kier molecular flexibility index (Phi) is 3.99. The fourth-order valence-corrected chi connectivity index (χ4v) is 1.94. The van der Waals surface area contributed by atoms with E-state index >= 15 is 0 Å². The quantitative estimate of drug-likeness (QED) is 0.872. The molecule has 0 saturated carbocycles. The Bertz CT molecular complexity index is 620. The molecule has 0 aliphatic carbocycles. The van der Waals surface area contributed by atoms with Crippen LogP contribution in [0.2, 0.25) is 0 Å². The van der Waals surface area contributed by atoms with E-state index in [2.05, 4.69) is 32.7 Å². The van der Waals surface area contributed by atoms with Crippen molar-refractivity contribution < 1.29 is 9.47 Å². The molecule has 0 atom stereocenters. The van der Waals surface area contributed by atoms with Crippen LogP contribution in [0.3, 0.4) is 0 Å². The molecule has 2 heterocycles. The molecule has 0 radical (unpaired) electrons. The van der Waals surface area contributed by atoms with Crippen LogP contribution in [0.4, 0.5) is 17.5 Å². The van der Waals surface area contributed by atoms with Gasteiger partial charge in [-0.3, -0.25) is 0 Å². The molecule has 0 spiro atoms. The zero-order valence-corrected chi connectivity index (χ0v) is 11.8. The number of rotatable bonds is 5. The summed E-state index contributed by atoms with van der Waals surface area (Å²) in [6.45, 7) is 4.08. The molecule has 2 N–H and O–H groups in total. The lowest BCUT2D eigenvalue weighted by Gasteiger charge is -2.18. The molecule has 0 bridgehead atoms. The van der Waals surface area contributed by atoms with Gasteiger partial charge in [0.25, 0.3) is 0 Å². The Labute approximate surface area is 122 Å². The summed E-state index contributed by atoms with van der Waals surface area (Å²) in [5.74, 6) is 2.61. The van der Waals surface area contributed by atoms with Crippen LogP contribution in [-0.4, -0.2) is 34.9 Å². The molecule has 21 heavy (non-hydrogen) atoms. The molecule has 0 unspecified atom stereocenters. The maximum absolute atomic E-state index is 5.54. The lowest BCUT2D eigenvalue weighted by Crippen LogP contribution is -2.15. The van der Waals surface area contributed by atoms with Crippen LogP contribution >= 0.6 is 0 Å². The molecule has 7 heteroatoms. The van der Waals surface area contributed by atoms with Crippen molar-refractivity contribution in [1.29, 1.82) is 0 Å². The van der Waals surface area contributed by atoms with Crippen molar-refractivity contribution in [3.05, 3.63) is 24.4 Å². The molecule has 1 aromatic heterocycles. The first-order valence-electron chi connectivity index (χ1n) is 6.95. The van der Waals surface area contributed by atoms with Gasteiger partial charge in [0.1, 0.15) is 13.2 Å². The van der Waals surface area contributed by atoms with Gasteiger partial charge < -0.3 is 20.1 Å². The lowest BCUT2D eigenvalue weighted by molar-refractivity contribution is 0.171. The van der Waals surface area contributed by atoms with Crippen molar-refractivity contribution in [2.24, 2.45) is 0 Å². The van der Waals surface area contributed by atoms with Crippen LogP contribution in [0.5, 0.6) is 11.5 Å². The van der Waals surface area contributed by atoms with E-state index in [9.17, 15) is 0 Å². The van der Waals surface area contributed by atoms with Crippen molar-refractivity contribution in [3.63, 3.8) is 0 Å². The van der Waals surface area contributed by atoms with E-state index in [1.54, 1.807) is 6.20 Å². The van der Waals surface area contributed by atoms with Crippen molar-refractivity contribution in [3.8, 4) is 11.5 Å². The summed E-state index contributed by atoms with van der Waals surface area (Å²) < 4.78 is 11.0. The van der Waals surface area contributed by atoms with Gasteiger partial charge in [0.05, 0.1) is 6.20 Å². The summed E-state index contributed by atoms with van der Waals surface area (Å²) in [5.41, 5.74) is 0.827. The van der Waals surface area contributed by atoms with E-state index in [0.29, 0.717) is 25.0 Å². The fraction of sp³-hybridized carbons (Fsp3) is 0.357. The number of nitrogens with one attached hydrogen (secondary N) is 2. The predicted molar refractivity (Wildman–Crippen MR) is 79.3 cm³/mol. The van der Waals surface area contributed by atoms with E-state index in [1.165, 1.54) is 0 Å². The average Bonchev–Trinajstić information content (AvgIpc) is 2.53. The third-order valence-corrected chi connectivity index (χ3v) is 2.91. The topological polar surface area (TPSA) is 81.2 Å². The predicted octanol–water partition coefficient (Wildman–Crippen LogP) is 2.21. The summed E-state index contributed by atoms with van der Waals surface area (Å²) >= 11 is 0. The highest BCUT2D eigenvalue weighted by Gasteiger charge is 2.12. The number of anilines is 3. The molecule has 7 nitrogen and oxygen atoms in total. The Hall–Kier alpha value is -2.57. The SMILES string of the molecule is CCCNc1cnnc(Nc2ccc3c(c2)OCCO3)n1. The molecule has 3 rings (SSSR count). The van der Waals surface area contributed by atoms with Crippen LogP contribution in [0.1, 0.15) is 13.3 Å². The molecule has 2 aromatic rings. The van der Waals surface area contributed by atoms with Gasteiger partial charge in [0, 0.05) is 18.3 Å². The first-order valence-corrected chi connectivity index (χ1v) is 6.95. The number of fused-ring (bicyclic) bond motifs is 1. The first kappa shape index (κ1) is 13.4. The van der Waals surface area contributed by atoms with Crippen LogP contribution in [0, 0.1) is 0 Å². The van der Waals surface area contributed by atoms with Gasteiger partial charge in [-0.1, -0.05) is 6.92 Å². The van der Waals surface area contributed by atoms with Crippen molar-refractivity contribution in [1.82, 2.24) is 15.2 Å². The van der Waals surface area contributed by atoms with Crippen molar-refractivity contribution >= 4 is 17.5 Å². The molecular weight excluding hydrogens is 270 g/mol. The van der Waals surface area contributed by atoms with Crippen LogP contribution in [-0.2, 0) is 0 Å². The molecule has 0 amide bonds. The minimum atomic E-state index is 0.438. The summed E-state index contributed by atoms with van der Waals surface area (Å²) in [5, 5.41) is 14.2. The number of hydrogen-bond acceptors (Lipinski definition) is 7. The maximum atomic E-state index is 5.54. The van der Waals surface area contributed by atoms with Gasteiger partial charge in [-0.25, -0.2) is 0 Å². The van der Waals surface area contributed by atoms with Gasteiger partial charge in [-0.05, 0) is 18.6 Å². The summed E-state index contributed by atoms with van der Waals surface area (Å²) in [6.07, 6.45) is 2.62. The summed E-state index contributed by atoms with van der Waals surface area (Å²) in [4.78, 5) is 4.35. The third-order valence-electron chi connectivity index (χ3n) is 2.91. The summed E-state index contributed by atoms with van der Waals surface area (Å²) in [7, 11) is 0. The zero-order valence-electron chi connectivity index (χ0n) is 11.8. The Morgan fingerprint density at radius 3 is 2.90 bits per heavy atom. The van der Waals surface area contributed by atoms with Gasteiger partial charge in [0.2, 0.25) is 5.95 Å². The smallest absolute Gasteiger partial charge is 0.249 e. The van der Waals surface area contributed by atoms with E-state index < -0.39 is 0 Å². The summed E-state index contributed by atoms with van der Waals surface area (Å²) in [6, 6.07) is 5.62. The zero-order chi connectivity index (χ0) is 14.5. The van der Waals surface area contributed by atoms with Gasteiger partial charge >= 0.3 is 0 Å². The van der Waals surface area contributed by atoms with Crippen LogP contribution in [0.25, 0.3) is 0 Å². The van der Waals surface area contributed by atoms with Gasteiger partial charge in [0.15, 0.2) is 17.3 Å². The highest BCUT2D eigenvalue weighted by molar-refractivity contribution is 5.60. The molecule has 110 valence electrons. The Morgan fingerprint density at radius 2 is 2.05 bits per heavy atom. The third kappa shape index (κ3) is 3.31. The lowest BCUT2D eigenvalue weighted by atomic mass is 10.2. The Morgan fingerprint density at radius 1 is 1.19 bits per heavy atom. The van der Waals surface area contributed by atoms with Gasteiger partial charge in [-0.2, -0.15) is 10.1 Å². The van der Waals surface area contributed by atoms with Crippen molar-refractivity contribution in [2.45, 2.75) is 13.3 Å². The van der Waals surface area contributed by atoms with Crippen molar-refractivity contribution in [2.75, 3.05) is 30.4 Å². The van der Waals surface area contributed by atoms with Crippen LogP contribution in [0.15, 0.2) is 24.4 Å². The van der Waals surface area contributed by atoms with E-state index in [1.807, 2.05) is 18.2 Å². The van der Waals surface area contributed by atoms with Gasteiger partial charge in [-0.15, -0.1) is 5.10 Å². The monoisotopic (exact) mass is 287 g/mol. The normalized spacial score (nSPS) is 12.8. The molecule has 1 aliphatic heterocycles. The first-order chi connectivity index (χ1) is 10.3. The number of ether oxygens (including phenoxy) is 2. The molecule has 1 aliphatic rings. The fourth-order valence-electron chi connectivity index (χ4n) is 1.94.